The normalized spacial score (nSPS) is 21.4. The van der Waals surface area contributed by atoms with Crippen molar-refractivity contribution in [3.8, 4) is 0 Å². The number of aromatic nitrogens is 3. The zero-order chi connectivity index (χ0) is 11.0. The van der Waals surface area contributed by atoms with Gasteiger partial charge in [0, 0.05) is 18.1 Å². The predicted molar refractivity (Wildman–Crippen MR) is 61.4 cm³/mol. The largest absolute Gasteiger partial charge is 0.372 e. The van der Waals surface area contributed by atoms with E-state index in [2.05, 4.69) is 15.2 Å². The lowest BCUT2D eigenvalue weighted by Crippen LogP contribution is -2.13. The molecule has 16 heavy (non-hydrogen) atoms. The standard InChI is InChI=1S/C11H12ClN3O/c12-10-5-8-7(6-13-15-8)11(14-10)9-3-1-2-4-16-9/h5-6,9H,1-4H2,(H,13,15). The third-order valence-electron chi connectivity index (χ3n) is 2.92. The first-order valence-electron chi connectivity index (χ1n) is 5.46. The third-order valence-corrected chi connectivity index (χ3v) is 3.11. The molecule has 0 aliphatic carbocycles. The smallest absolute Gasteiger partial charge is 0.131 e. The van der Waals surface area contributed by atoms with E-state index in [1.165, 1.54) is 6.42 Å². The molecule has 84 valence electrons. The number of hydrogen-bond donors (Lipinski definition) is 1. The number of hydrogen-bond acceptors (Lipinski definition) is 3. The van der Waals surface area contributed by atoms with Gasteiger partial charge in [-0.05, 0) is 19.3 Å². The lowest BCUT2D eigenvalue weighted by atomic mass is 10.0. The number of ether oxygens (including phenoxy) is 1. The second kappa shape index (κ2) is 4.03. The molecule has 0 aromatic carbocycles. The van der Waals surface area contributed by atoms with Gasteiger partial charge in [-0.1, -0.05) is 11.6 Å². The number of nitrogens with zero attached hydrogens (tertiary/aromatic N) is 2. The highest BCUT2D eigenvalue weighted by Crippen LogP contribution is 2.31. The van der Waals surface area contributed by atoms with Gasteiger partial charge in [0.1, 0.15) is 11.3 Å². The number of aromatic amines is 1. The molecule has 3 rings (SSSR count). The molecule has 1 N–H and O–H groups in total. The predicted octanol–water partition coefficient (Wildman–Crippen LogP) is 2.85. The zero-order valence-corrected chi connectivity index (χ0v) is 9.50. The molecular weight excluding hydrogens is 226 g/mol. The summed E-state index contributed by atoms with van der Waals surface area (Å²) in [5.74, 6) is 0. The van der Waals surface area contributed by atoms with E-state index >= 15 is 0 Å². The van der Waals surface area contributed by atoms with Gasteiger partial charge in [-0.2, -0.15) is 5.10 Å². The van der Waals surface area contributed by atoms with Crippen LogP contribution in [0.2, 0.25) is 5.15 Å². The van der Waals surface area contributed by atoms with Crippen molar-refractivity contribution in [1.29, 1.82) is 0 Å². The van der Waals surface area contributed by atoms with Gasteiger partial charge in [-0.15, -0.1) is 0 Å². The average Bonchev–Trinajstić information content (AvgIpc) is 2.77. The Balaban J connectivity index is 2.09. The fourth-order valence-electron chi connectivity index (χ4n) is 2.14. The number of halogens is 1. The van der Waals surface area contributed by atoms with E-state index in [4.69, 9.17) is 16.3 Å². The molecule has 1 unspecified atom stereocenters. The first kappa shape index (κ1) is 10.1. The van der Waals surface area contributed by atoms with E-state index in [0.717, 1.165) is 36.0 Å². The summed E-state index contributed by atoms with van der Waals surface area (Å²) in [6.45, 7) is 0.804. The van der Waals surface area contributed by atoms with Gasteiger partial charge in [0.25, 0.3) is 0 Å². The van der Waals surface area contributed by atoms with Gasteiger partial charge in [-0.25, -0.2) is 4.98 Å². The topological polar surface area (TPSA) is 50.8 Å². The van der Waals surface area contributed by atoms with E-state index < -0.39 is 0 Å². The van der Waals surface area contributed by atoms with Crippen molar-refractivity contribution in [1.82, 2.24) is 15.2 Å². The first-order chi connectivity index (χ1) is 7.84. The summed E-state index contributed by atoms with van der Waals surface area (Å²) in [4.78, 5) is 4.38. The summed E-state index contributed by atoms with van der Waals surface area (Å²) >= 11 is 5.99. The summed E-state index contributed by atoms with van der Waals surface area (Å²) in [7, 11) is 0. The van der Waals surface area contributed by atoms with Crippen LogP contribution in [0.5, 0.6) is 0 Å². The van der Waals surface area contributed by atoms with E-state index in [9.17, 15) is 0 Å². The monoisotopic (exact) mass is 237 g/mol. The minimum absolute atomic E-state index is 0.0625. The van der Waals surface area contributed by atoms with Gasteiger partial charge < -0.3 is 4.74 Å². The Kier molecular flexibility index (Phi) is 2.53. The Morgan fingerprint density at radius 3 is 3.19 bits per heavy atom. The van der Waals surface area contributed by atoms with Crippen LogP contribution in [-0.2, 0) is 4.74 Å². The van der Waals surface area contributed by atoms with Crippen molar-refractivity contribution in [3.05, 3.63) is 23.1 Å². The molecule has 3 heterocycles. The Labute approximate surface area is 98.0 Å². The molecule has 0 spiro atoms. The molecule has 4 nitrogen and oxygen atoms in total. The highest BCUT2D eigenvalue weighted by Gasteiger charge is 2.21. The first-order valence-corrected chi connectivity index (χ1v) is 5.83. The lowest BCUT2D eigenvalue weighted by Gasteiger charge is -2.22. The molecule has 1 aliphatic heterocycles. The van der Waals surface area contributed by atoms with Gasteiger partial charge in [0.15, 0.2) is 0 Å². The molecule has 2 aromatic rings. The van der Waals surface area contributed by atoms with E-state index in [-0.39, 0.29) is 6.10 Å². The maximum Gasteiger partial charge on any atom is 0.131 e. The Morgan fingerprint density at radius 2 is 2.38 bits per heavy atom. The van der Waals surface area contributed by atoms with Gasteiger partial charge in [0.2, 0.25) is 0 Å². The van der Waals surface area contributed by atoms with Crippen molar-refractivity contribution in [2.75, 3.05) is 6.61 Å². The molecular formula is C11H12ClN3O. The van der Waals surface area contributed by atoms with Gasteiger partial charge in [-0.3, -0.25) is 5.10 Å². The molecule has 0 amide bonds. The summed E-state index contributed by atoms with van der Waals surface area (Å²) in [5, 5.41) is 8.43. The van der Waals surface area contributed by atoms with E-state index in [1.54, 1.807) is 12.3 Å². The van der Waals surface area contributed by atoms with Crippen LogP contribution in [0, 0.1) is 0 Å². The van der Waals surface area contributed by atoms with Crippen LogP contribution < -0.4 is 0 Å². The molecule has 1 aliphatic rings. The maximum absolute atomic E-state index is 5.99. The van der Waals surface area contributed by atoms with Gasteiger partial charge in [0.05, 0.1) is 17.4 Å². The minimum Gasteiger partial charge on any atom is -0.372 e. The number of pyridine rings is 1. The second-order valence-electron chi connectivity index (χ2n) is 4.02. The molecule has 2 aromatic heterocycles. The van der Waals surface area contributed by atoms with Crippen LogP contribution >= 0.6 is 11.6 Å². The number of fused-ring (bicyclic) bond motifs is 1. The quantitative estimate of drug-likeness (QED) is 0.776. The molecule has 1 fully saturated rings. The summed E-state index contributed by atoms with van der Waals surface area (Å²) in [6.07, 6.45) is 5.16. The highest BCUT2D eigenvalue weighted by molar-refractivity contribution is 6.30. The fraction of sp³-hybridized carbons (Fsp3) is 0.455. The van der Waals surface area contributed by atoms with Crippen molar-refractivity contribution in [2.24, 2.45) is 0 Å². The minimum atomic E-state index is 0.0625. The molecule has 0 saturated carbocycles. The zero-order valence-electron chi connectivity index (χ0n) is 8.74. The highest BCUT2D eigenvalue weighted by atomic mass is 35.5. The average molecular weight is 238 g/mol. The van der Waals surface area contributed by atoms with Crippen LogP contribution in [0.4, 0.5) is 0 Å². The number of H-pyrrole nitrogens is 1. The van der Waals surface area contributed by atoms with Crippen LogP contribution in [-0.4, -0.2) is 21.8 Å². The van der Waals surface area contributed by atoms with Crippen LogP contribution in [0.25, 0.3) is 10.9 Å². The molecule has 5 heteroatoms. The second-order valence-corrected chi connectivity index (χ2v) is 4.40. The van der Waals surface area contributed by atoms with Crippen molar-refractivity contribution < 1.29 is 4.74 Å². The molecule has 0 radical (unpaired) electrons. The van der Waals surface area contributed by atoms with Gasteiger partial charge >= 0.3 is 0 Å². The van der Waals surface area contributed by atoms with Crippen LogP contribution in [0.1, 0.15) is 31.1 Å². The number of rotatable bonds is 1. The maximum atomic E-state index is 5.99. The van der Waals surface area contributed by atoms with Crippen molar-refractivity contribution >= 4 is 22.5 Å². The van der Waals surface area contributed by atoms with Crippen LogP contribution in [0.15, 0.2) is 12.3 Å². The molecule has 1 saturated heterocycles. The number of nitrogens with one attached hydrogen (secondary N) is 1. The Hall–Kier alpha value is -1.13. The Morgan fingerprint density at radius 1 is 1.44 bits per heavy atom. The Bertz CT molecular complexity index is 505. The third kappa shape index (κ3) is 1.68. The van der Waals surface area contributed by atoms with E-state index in [0.29, 0.717) is 5.15 Å². The summed E-state index contributed by atoms with van der Waals surface area (Å²) in [6, 6.07) is 1.79. The van der Waals surface area contributed by atoms with Crippen molar-refractivity contribution in [2.45, 2.75) is 25.4 Å². The van der Waals surface area contributed by atoms with Crippen molar-refractivity contribution in [3.63, 3.8) is 0 Å². The van der Waals surface area contributed by atoms with Crippen LogP contribution in [0.3, 0.4) is 0 Å². The van der Waals surface area contributed by atoms with E-state index in [1.807, 2.05) is 0 Å². The summed E-state index contributed by atoms with van der Waals surface area (Å²) in [5.41, 5.74) is 1.83. The lowest BCUT2D eigenvalue weighted by molar-refractivity contribution is 0.0133. The molecule has 1 atom stereocenters. The fourth-order valence-corrected chi connectivity index (χ4v) is 2.34. The SMILES string of the molecule is Clc1cc2[nH]ncc2c(C2CCCCO2)n1. The summed E-state index contributed by atoms with van der Waals surface area (Å²) < 4.78 is 5.73. The molecule has 0 bridgehead atoms.